The molecule has 1 amide bonds. The Morgan fingerprint density at radius 3 is 2.10 bits per heavy atom. The fourth-order valence-electron chi connectivity index (χ4n) is 3.72. The van der Waals surface area contributed by atoms with Crippen LogP contribution in [0.2, 0.25) is 5.02 Å². The van der Waals surface area contributed by atoms with Gasteiger partial charge in [0.15, 0.2) is 0 Å². The summed E-state index contributed by atoms with van der Waals surface area (Å²) in [6, 6.07) is 1.28. The molecule has 1 unspecified atom stereocenters. The maximum atomic E-state index is 12.0. The van der Waals surface area contributed by atoms with Crippen molar-refractivity contribution in [2.75, 3.05) is 7.11 Å². The summed E-state index contributed by atoms with van der Waals surface area (Å²) in [7, 11) is 0.892. The molecule has 0 saturated carbocycles. The minimum Gasteiger partial charge on any atom is -0.497 e. The van der Waals surface area contributed by atoms with Crippen molar-refractivity contribution in [2.24, 2.45) is 0 Å². The maximum absolute atomic E-state index is 12.0. The maximum Gasteiger partial charge on any atom is 0.499 e. The molecule has 0 aromatic heterocycles. The largest absolute Gasteiger partial charge is 0.499 e. The van der Waals surface area contributed by atoms with Crippen LogP contribution in [0, 0.1) is 6.92 Å². The number of carbonyl (C=O) groups is 1. The van der Waals surface area contributed by atoms with Gasteiger partial charge in [-0.1, -0.05) is 11.6 Å². The zero-order valence-electron chi connectivity index (χ0n) is 19.1. The predicted molar refractivity (Wildman–Crippen MR) is 116 cm³/mol. The SMILES string of the molecule is COc1c(C(C)N(C(=O)O)C(C)(C)C)cc(Cl)c(C)c1B1OC(C)(C)C(C)(C)O1. The Bertz CT molecular complexity index is 787. The third-order valence-electron chi connectivity index (χ3n) is 6.01. The molecule has 1 heterocycles. The molecular weight excluding hydrogens is 392 g/mol. The molecule has 29 heavy (non-hydrogen) atoms. The minimum atomic E-state index is -1.01. The average Bonchev–Trinajstić information content (AvgIpc) is 2.74. The van der Waals surface area contributed by atoms with Gasteiger partial charge in [0.25, 0.3) is 0 Å². The van der Waals surface area contributed by atoms with Crippen molar-refractivity contribution in [3.63, 3.8) is 0 Å². The van der Waals surface area contributed by atoms with E-state index < -0.39 is 36.0 Å². The average molecular weight is 426 g/mol. The fraction of sp³-hybridized carbons (Fsp3) is 0.667. The number of benzene rings is 1. The summed E-state index contributed by atoms with van der Waals surface area (Å²) in [6.45, 7) is 17.2. The van der Waals surface area contributed by atoms with E-state index in [1.54, 1.807) is 13.2 Å². The Kier molecular flexibility index (Phi) is 6.31. The van der Waals surface area contributed by atoms with Crippen LogP contribution in [0.4, 0.5) is 4.79 Å². The highest BCUT2D eigenvalue weighted by Crippen LogP contribution is 2.41. The molecule has 1 aliphatic rings. The number of carboxylic acid groups (broad SMARTS) is 1. The van der Waals surface area contributed by atoms with Crippen LogP contribution in [0.5, 0.6) is 5.75 Å². The van der Waals surface area contributed by atoms with Crippen LogP contribution in [-0.4, -0.2) is 47.1 Å². The zero-order chi connectivity index (χ0) is 22.5. The second-order valence-electron chi connectivity index (χ2n) is 9.61. The molecule has 1 aromatic rings. The lowest BCUT2D eigenvalue weighted by atomic mass is 9.73. The number of halogens is 1. The smallest absolute Gasteiger partial charge is 0.497 e. The van der Waals surface area contributed by atoms with Gasteiger partial charge in [-0.2, -0.15) is 0 Å². The van der Waals surface area contributed by atoms with Crippen molar-refractivity contribution in [2.45, 2.75) is 85.1 Å². The number of nitrogens with zero attached hydrogens (tertiary/aromatic N) is 1. The van der Waals surface area contributed by atoms with Gasteiger partial charge in [-0.3, -0.25) is 4.90 Å². The number of hydrogen-bond acceptors (Lipinski definition) is 4. The fourth-order valence-corrected chi connectivity index (χ4v) is 3.94. The predicted octanol–water partition coefficient (Wildman–Crippen LogP) is 4.80. The van der Waals surface area contributed by atoms with Crippen LogP contribution in [-0.2, 0) is 9.31 Å². The molecule has 1 N–H and O–H groups in total. The van der Waals surface area contributed by atoms with E-state index in [1.807, 2.05) is 62.3 Å². The number of ether oxygens (including phenoxy) is 1. The molecule has 0 radical (unpaired) electrons. The van der Waals surface area contributed by atoms with E-state index in [4.69, 9.17) is 25.6 Å². The Morgan fingerprint density at radius 1 is 1.24 bits per heavy atom. The summed E-state index contributed by atoms with van der Waals surface area (Å²) in [5.41, 5.74) is 0.488. The van der Waals surface area contributed by atoms with Crippen LogP contribution in [0.15, 0.2) is 6.07 Å². The lowest BCUT2D eigenvalue weighted by Crippen LogP contribution is -2.47. The molecular formula is C21H33BClNO5. The lowest BCUT2D eigenvalue weighted by Gasteiger charge is -2.39. The highest BCUT2D eigenvalue weighted by molar-refractivity contribution is 6.64. The normalized spacial score (nSPS) is 19.2. The molecule has 2 rings (SSSR count). The van der Waals surface area contributed by atoms with Crippen LogP contribution >= 0.6 is 11.6 Å². The summed E-state index contributed by atoms with van der Waals surface area (Å²) in [5.74, 6) is 0.536. The number of hydrogen-bond donors (Lipinski definition) is 1. The highest BCUT2D eigenvalue weighted by atomic mass is 35.5. The Labute approximate surface area is 179 Å². The first-order valence-corrected chi connectivity index (χ1v) is 10.2. The quantitative estimate of drug-likeness (QED) is 0.702. The van der Waals surface area contributed by atoms with Crippen molar-refractivity contribution in [1.29, 1.82) is 0 Å². The summed E-state index contributed by atoms with van der Waals surface area (Å²) < 4.78 is 18.3. The minimum absolute atomic E-state index is 0.498. The van der Waals surface area contributed by atoms with Crippen LogP contribution in [0.25, 0.3) is 0 Å². The van der Waals surface area contributed by atoms with E-state index in [0.29, 0.717) is 21.8 Å². The van der Waals surface area contributed by atoms with E-state index in [-0.39, 0.29) is 0 Å². The molecule has 1 fully saturated rings. The lowest BCUT2D eigenvalue weighted by molar-refractivity contribution is 0.00578. The van der Waals surface area contributed by atoms with E-state index in [1.165, 1.54) is 4.90 Å². The Morgan fingerprint density at radius 2 is 1.72 bits per heavy atom. The number of rotatable bonds is 4. The van der Waals surface area contributed by atoms with Gasteiger partial charge in [-0.05, 0) is 73.9 Å². The monoisotopic (exact) mass is 425 g/mol. The molecule has 0 bridgehead atoms. The van der Waals surface area contributed by atoms with Crippen LogP contribution in [0.3, 0.4) is 0 Å². The summed E-state index contributed by atoms with van der Waals surface area (Å²) in [6.07, 6.45) is -1.01. The van der Waals surface area contributed by atoms with Crippen molar-refractivity contribution in [3.8, 4) is 5.75 Å². The summed E-state index contributed by atoms with van der Waals surface area (Å²) in [5, 5.41) is 10.4. The first-order chi connectivity index (χ1) is 13.0. The second kappa shape index (κ2) is 7.67. The number of methoxy groups -OCH3 is 1. The van der Waals surface area contributed by atoms with Crippen molar-refractivity contribution >= 4 is 30.3 Å². The zero-order valence-corrected chi connectivity index (χ0v) is 19.9. The molecule has 0 spiro atoms. The van der Waals surface area contributed by atoms with Crippen molar-refractivity contribution in [1.82, 2.24) is 4.90 Å². The van der Waals surface area contributed by atoms with Gasteiger partial charge >= 0.3 is 13.2 Å². The Hall–Kier alpha value is -1.44. The van der Waals surface area contributed by atoms with Gasteiger partial charge in [-0.25, -0.2) is 4.79 Å². The van der Waals surface area contributed by atoms with E-state index >= 15 is 0 Å². The van der Waals surface area contributed by atoms with E-state index in [2.05, 4.69) is 0 Å². The molecule has 162 valence electrons. The van der Waals surface area contributed by atoms with Crippen molar-refractivity contribution < 1.29 is 23.9 Å². The van der Waals surface area contributed by atoms with Gasteiger partial charge < -0.3 is 19.2 Å². The summed E-state index contributed by atoms with van der Waals surface area (Å²) in [4.78, 5) is 13.4. The topological polar surface area (TPSA) is 68.2 Å². The third-order valence-corrected chi connectivity index (χ3v) is 6.40. The van der Waals surface area contributed by atoms with Gasteiger partial charge in [-0.15, -0.1) is 0 Å². The Balaban J connectivity index is 2.68. The van der Waals surface area contributed by atoms with E-state index in [0.717, 1.165) is 5.56 Å². The summed E-state index contributed by atoms with van der Waals surface area (Å²) >= 11 is 6.58. The van der Waals surface area contributed by atoms with Gasteiger partial charge in [0.05, 0.1) is 24.4 Å². The first-order valence-electron chi connectivity index (χ1n) is 9.80. The standard InChI is InChI=1S/C21H33BClNO5/c1-12-15(23)11-14(13(2)24(18(25)26)19(3,4)5)17(27-10)16(12)22-28-20(6,7)21(8,9)29-22/h11,13H,1-10H3,(H,25,26). The molecule has 1 aliphatic heterocycles. The molecule has 0 aliphatic carbocycles. The second-order valence-corrected chi connectivity index (χ2v) is 10.0. The van der Waals surface area contributed by atoms with Gasteiger partial charge in [0, 0.05) is 21.6 Å². The third kappa shape index (κ3) is 4.23. The van der Waals surface area contributed by atoms with E-state index in [9.17, 15) is 9.90 Å². The molecule has 1 saturated heterocycles. The van der Waals surface area contributed by atoms with Crippen LogP contribution < -0.4 is 10.2 Å². The molecule has 6 nitrogen and oxygen atoms in total. The first kappa shape index (κ1) is 23.8. The van der Waals surface area contributed by atoms with Gasteiger partial charge in [0.1, 0.15) is 5.75 Å². The molecule has 8 heteroatoms. The van der Waals surface area contributed by atoms with Crippen LogP contribution in [0.1, 0.15) is 72.6 Å². The highest BCUT2D eigenvalue weighted by Gasteiger charge is 2.53. The van der Waals surface area contributed by atoms with Gasteiger partial charge in [0.2, 0.25) is 0 Å². The number of amides is 1. The molecule has 1 atom stereocenters. The van der Waals surface area contributed by atoms with Crippen molar-refractivity contribution in [3.05, 3.63) is 22.2 Å². The molecule has 1 aromatic carbocycles.